The minimum absolute atomic E-state index is 0. The van der Waals surface area contributed by atoms with E-state index in [9.17, 15) is 24.3 Å². The van der Waals surface area contributed by atoms with Gasteiger partial charge in [0.05, 0.1) is 32.1 Å². The van der Waals surface area contributed by atoms with Gasteiger partial charge in [-0.2, -0.15) is 0 Å². The fourth-order valence-electron chi connectivity index (χ4n) is 5.38. The third-order valence-electron chi connectivity index (χ3n) is 8.21. The zero-order valence-corrected chi connectivity index (χ0v) is 30.7. The van der Waals surface area contributed by atoms with Crippen LogP contribution in [0.1, 0.15) is 52.7 Å². The molecule has 5 N–H and O–H groups in total. The Hall–Kier alpha value is -3.75. The number of nitrogens with one attached hydrogen (secondary N) is 4. The summed E-state index contributed by atoms with van der Waals surface area (Å²) in [7, 11) is 2.44. The summed E-state index contributed by atoms with van der Waals surface area (Å²) >= 11 is 0. The molecule has 1 aromatic heterocycles. The van der Waals surface area contributed by atoms with Gasteiger partial charge in [-0.1, -0.05) is 102 Å². The van der Waals surface area contributed by atoms with Gasteiger partial charge in [0, 0.05) is 24.8 Å². The Morgan fingerprint density at radius 1 is 0.731 bits per heavy atom. The number of amides is 4. The molecule has 3 rings (SSSR count). The zero-order valence-electron chi connectivity index (χ0n) is 30.7. The first-order chi connectivity index (χ1) is 24.0. The van der Waals surface area contributed by atoms with Crippen molar-refractivity contribution in [1.29, 1.82) is 0 Å². The first-order valence-corrected chi connectivity index (χ1v) is 16.8. The molecule has 0 saturated heterocycles. The number of aliphatic hydroxyl groups excluding tert-OH is 1. The molecule has 280 valence electrons. The van der Waals surface area contributed by atoms with Crippen LogP contribution >= 0.6 is 0 Å². The van der Waals surface area contributed by atoms with Gasteiger partial charge >= 0.3 is 49.9 Å². The van der Waals surface area contributed by atoms with Gasteiger partial charge in [-0.3, -0.25) is 20.0 Å². The molecular formula is C38H54CaN6O7. The van der Waals surface area contributed by atoms with Gasteiger partial charge in [0.15, 0.2) is 0 Å². The van der Waals surface area contributed by atoms with Gasteiger partial charge in [0.25, 0.3) is 5.91 Å². The number of hydrazine groups is 1. The SMILES string of the molecule is COC(=O)N[C@H](C(=O)N[C@@H](Cc1ccccc1)[C@H](O)CN(Cc1ccc(-c2ccccn2)cc1)NC(=O)[C@H](NC(=O)OC)C(C)(C)C)C(C)(C)C.[CaH2]. The summed E-state index contributed by atoms with van der Waals surface area (Å²) in [6, 6.07) is 19.8. The number of benzene rings is 2. The monoisotopic (exact) mass is 746 g/mol. The van der Waals surface area contributed by atoms with Gasteiger partial charge in [0.2, 0.25) is 5.91 Å². The topological polar surface area (TPSA) is 171 Å². The summed E-state index contributed by atoms with van der Waals surface area (Å²) in [5.41, 5.74) is 4.88. The first kappa shape index (κ1) is 44.4. The normalized spacial score (nSPS) is 13.7. The Kier molecular flexibility index (Phi) is 17.5. The fourth-order valence-corrected chi connectivity index (χ4v) is 5.38. The molecule has 0 fully saturated rings. The van der Waals surface area contributed by atoms with Crippen LogP contribution in [0.4, 0.5) is 9.59 Å². The summed E-state index contributed by atoms with van der Waals surface area (Å²) in [4.78, 5) is 56.3. The summed E-state index contributed by atoms with van der Waals surface area (Å²) in [5, 5.41) is 21.6. The Balaban J connectivity index is 0.00000936. The number of alkyl carbamates (subject to hydrolysis) is 2. The van der Waals surface area contributed by atoms with Crippen LogP contribution in [0.25, 0.3) is 11.3 Å². The maximum absolute atomic E-state index is 13.8. The van der Waals surface area contributed by atoms with Crippen LogP contribution in [0.2, 0.25) is 0 Å². The van der Waals surface area contributed by atoms with Crippen LogP contribution in [0, 0.1) is 10.8 Å². The van der Waals surface area contributed by atoms with E-state index in [0.717, 1.165) is 22.4 Å². The molecule has 0 aliphatic rings. The Labute approximate surface area is 336 Å². The van der Waals surface area contributed by atoms with Crippen molar-refractivity contribution in [3.63, 3.8) is 0 Å². The number of carbonyl (C=O) groups is 4. The minimum atomic E-state index is -1.22. The number of hydrogen-bond acceptors (Lipinski definition) is 9. The van der Waals surface area contributed by atoms with Crippen LogP contribution in [0.15, 0.2) is 79.0 Å². The van der Waals surface area contributed by atoms with Gasteiger partial charge < -0.3 is 30.5 Å². The van der Waals surface area contributed by atoms with Crippen molar-refractivity contribution in [3.05, 3.63) is 90.1 Å². The third-order valence-corrected chi connectivity index (χ3v) is 8.21. The summed E-state index contributed by atoms with van der Waals surface area (Å²) in [5.74, 6) is -1.03. The third kappa shape index (κ3) is 14.0. The van der Waals surface area contributed by atoms with Crippen molar-refractivity contribution >= 4 is 61.7 Å². The summed E-state index contributed by atoms with van der Waals surface area (Å²) < 4.78 is 9.54. The molecular weight excluding hydrogens is 693 g/mol. The van der Waals surface area contributed by atoms with E-state index in [-0.39, 0.29) is 57.2 Å². The molecule has 0 aliphatic carbocycles. The van der Waals surface area contributed by atoms with E-state index in [0.29, 0.717) is 0 Å². The Morgan fingerprint density at radius 2 is 1.27 bits per heavy atom. The molecule has 4 atom stereocenters. The van der Waals surface area contributed by atoms with Crippen molar-refractivity contribution in [2.45, 2.75) is 78.7 Å². The molecule has 0 bridgehead atoms. The van der Waals surface area contributed by atoms with Crippen LogP contribution in [-0.4, -0.2) is 122 Å². The number of pyridine rings is 1. The molecule has 1 heterocycles. The average Bonchev–Trinajstić information content (AvgIpc) is 3.08. The van der Waals surface area contributed by atoms with Crippen molar-refractivity contribution in [1.82, 2.24) is 31.4 Å². The molecule has 0 unspecified atom stereocenters. The number of methoxy groups -OCH3 is 2. The second-order valence-corrected chi connectivity index (χ2v) is 14.5. The molecule has 0 spiro atoms. The van der Waals surface area contributed by atoms with E-state index in [4.69, 9.17) is 9.47 Å². The van der Waals surface area contributed by atoms with E-state index in [1.165, 1.54) is 14.2 Å². The number of rotatable bonds is 14. The summed E-state index contributed by atoms with van der Waals surface area (Å²) in [6.45, 7) is 10.9. The van der Waals surface area contributed by atoms with Crippen molar-refractivity contribution in [3.8, 4) is 11.3 Å². The number of nitrogens with zero attached hydrogens (tertiary/aromatic N) is 2. The standard InChI is InChI=1S/C38H52N6O7.Ca.2H/c1-37(2,3)31(41-35(48)50-7)33(46)40-29(22-25-14-10-9-11-15-25)30(45)24-44(43-34(47)32(38(4,5)6)42-36(49)51-8)23-26-17-19-27(20-18-26)28-16-12-13-21-39-28;;;/h9-21,29-32,45H,22-24H2,1-8H3,(H,40,46)(H,41,48)(H,42,49)(H,43,47);;;/t29-,30+,31+,32-;;;/m0.../s1. The van der Waals surface area contributed by atoms with Gasteiger partial charge in [-0.25, -0.2) is 14.6 Å². The van der Waals surface area contributed by atoms with Gasteiger partial charge in [-0.15, -0.1) is 0 Å². The van der Waals surface area contributed by atoms with Gasteiger partial charge in [0.1, 0.15) is 12.1 Å². The first-order valence-electron chi connectivity index (χ1n) is 16.8. The van der Waals surface area contributed by atoms with Crippen LogP contribution in [-0.2, 0) is 32.0 Å². The fraction of sp³-hybridized carbons (Fsp3) is 0.447. The number of hydrogen-bond donors (Lipinski definition) is 5. The Morgan fingerprint density at radius 3 is 1.77 bits per heavy atom. The van der Waals surface area contributed by atoms with E-state index in [2.05, 4.69) is 26.4 Å². The average molecular weight is 747 g/mol. The predicted molar refractivity (Wildman–Crippen MR) is 202 cm³/mol. The maximum atomic E-state index is 13.8. The van der Waals surface area contributed by atoms with E-state index in [1.807, 2.05) is 93.6 Å². The van der Waals surface area contributed by atoms with Crippen LogP contribution in [0.5, 0.6) is 0 Å². The molecule has 13 nitrogen and oxygen atoms in total. The van der Waals surface area contributed by atoms with E-state index in [1.54, 1.807) is 32.0 Å². The second kappa shape index (κ2) is 20.5. The van der Waals surface area contributed by atoms with Crippen molar-refractivity contribution in [2.75, 3.05) is 20.8 Å². The van der Waals surface area contributed by atoms with Crippen LogP contribution < -0.4 is 21.4 Å². The molecule has 4 amide bonds. The number of aromatic nitrogens is 1. The zero-order chi connectivity index (χ0) is 37.8. The van der Waals surface area contributed by atoms with E-state index >= 15 is 0 Å². The predicted octanol–water partition coefficient (Wildman–Crippen LogP) is 3.30. The molecule has 3 aromatic rings. The molecule has 52 heavy (non-hydrogen) atoms. The molecule has 2 aromatic carbocycles. The van der Waals surface area contributed by atoms with Crippen LogP contribution in [0.3, 0.4) is 0 Å². The number of ether oxygens (including phenoxy) is 2. The second-order valence-electron chi connectivity index (χ2n) is 14.5. The van der Waals surface area contributed by atoms with Crippen molar-refractivity contribution < 1.29 is 33.8 Å². The quantitative estimate of drug-likeness (QED) is 0.123. The van der Waals surface area contributed by atoms with Gasteiger partial charge in [-0.05, 0) is 40.5 Å². The van der Waals surface area contributed by atoms with E-state index < -0.39 is 59.1 Å². The number of carbonyl (C=O) groups excluding carboxylic acids is 4. The van der Waals surface area contributed by atoms with Crippen molar-refractivity contribution in [2.24, 2.45) is 10.8 Å². The Bertz CT molecular complexity index is 1580. The molecule has 0 aliphatic heterocycles. The molecule has 14 heteroatoms. The summed E-state index contributed by atoms with van der Waals surface area (Å²) in [6.07, 6.45) is -0.778. The molecule has 0 radical (unpaired) electrons. The molecule has 0 saturated carbocycles. The number of aliphatic hydroxyl groups is 1.